The van der Waals surface area contributed by atoms with Crippen LogP contribution < -0.4 is 10.6 Å². The van der Waals surface area contributed by atoms with Gasteiger partial charge in [0.15, 0.2) is 0 Å². The minimum absolute atomic E-state index is 0.0145. The minimum atomic E-state index is -0.0145. The van der Waals surface area contributed by atoms with Crippen molar-refractivity contribution in [3.05, 3.63) is 29.6 Å². The van der Waals surface area contributed by atoms with Crippen LogP contribution >= 0.6 is 0 Å². The van der Waals surface area contributed by atoms with E-state index in [1.807, 2.05) is 13.0 Å². The van der Waals surface area contributed by atoms with E-state index < -0.39 is 0 Å². The molecule has 0 aromatic carbocycles. The quantitative estimate of drug-likeness (QED) is 0.776. The molecule has 0 unspecified atom stereocenters. The Labute approximate surface area is 95.5 Å². The number of carbonyl (C=O) groups excluding carboxylic acids is 1. The molecule has 1 aliphatic heterocycles. The van der Waals surface area contributed by atoms with Gasteiger partial charge in [-0.05, 0) is 38.4 Å². The summed E-state index contributed by atoms with van der Waals surface area (Å²) in [6, 6.07) is 3.86. The van der Waals surface area contributed by atoms with Crippen molar-refractivity contribution in [2.75, 3.05) is 13.1 Å². The van der Waals surface area contributed by atoms with Gasteiger partial charge in [-0.15, -0.1) is 0 Å². The number of nitrogens with one attached hydrogen (secondary N) is 2. The van der Waals surface area contributed by atoms with E-state index in [4.69, 9.17) is 0 Å². The number of carbonyl (C=O) groups is 1. The first-order valence-electron chi connectivity index (χ1n) is 5.70. The predicted octanol–water partition coefficient (Wildman–Crippen LogP) is 0.872. The molecule has 2 rings (SSSR count). The van der Waals surface area contributed by atoms with E-state index in [-0.39, 0.29) is 11.9 Å². The van der Waals surface area contributed by atoms with Crippen LogP contribution in [0.25, 0.3) is 0 Å². The van der Waals surface area contributed by atoms with Gasteiger partial charge in [0.2, 0.25) is 0 Å². The van der Waals surface area contributed by atoms with Crippen LogP contribution in [0.1, 0.15) is 28.9 Å². The molecule has 4 heteroatoms. The molecule has 0 radical (unpaired) electrons. The molecule has 2 heterocycles. The lowest BCUT2D eigenvalue weighted by Gasteiger charge is -2.23. The summed E-state index contributed by atoms with van der Waals surface area (Å²) >= 11 is 0. The fourth-order valence-electron chi connectivity index (χ4n) is 1.96. The molecule has 0 spiro atoms. The van der Waals surface area contributed by atoms with E-state index in [1.165, 1.54) is 0 Å². The maximum absolute atomic E-state index is 12.0. The predicted molar refractivity (Wildman–Crippen MR) is 62.3 cm³/mol. The molecule has 1 aromatic heterocycles. The lowest BCUT2D eigenvalue weighted by Crippen LogP contribution is -2.45. The number of piperidine rings is 1. The molecule has 0 bridgehead atoms. The van der Waals surface area contributed by atoms with Crippen molar-refractivity contribution in [3.8, 4) is 0 Å². The van der Waals surface area contributed by atoms with Gasteiger partial charge >= 0.3 is 0 Å². The van der Waals surface area contributed by atoms with Crippen molar-refractivity contribution >= 4 is 5.91 Å². The van der Waals surface area contributed by atoms with Crippen LogP contribution in [0.15, 0.2) is 18.3 Å². The van der Waals surface area contributed by atoms with Crippen molar-refractivity contribution in [2.45, 2.75) is 25.8 Å². The fraction of sp³-hybridized carbons (Fsp3) is 0.500. The van der Waals surface area contributed by atoms with Crippen molar-refractivity contribution < 1.29 is 4.79 Å². The third kappa shape index (κ3) is 2.58. The first-order valence-corrected chi connectivity index (χ1v) is 5.70. The van der Waals surface area contributed by atoms with Gasteiger partial charge in [0.1, 0.15) is 0 Å². The minimum Gasteiger partial charge on any atom is -0.348 e. The topological polar surface area (TPSA) is 54.0 Å². The SMILES string of the molecule is Cc1ncccc1C(=O)N[C@@H]1CCCNC1. The van der Waals surface area contributed by atoms with E-state index in [0.29, 0.717) is 5.56 Å². The molecule has 16 heavy (non-hydrogen) atoms. The Kier molecular flexibility index (Phi) is 3.51. The molecule has 4 nitrogen and oxygen atoms in total. The molecule has 1 saturated heterocycles. The zero-order valence-corrected chi connectivity index (χ0v) is 9.49. The summed E-state index contributed by atoms with van der Waals surface area (Å²) < 4.78 is 0. The van der Waals surface area contributed by atoms with Gasteiger partial charge in [-0.25, -0.2) is 0 Å². The second-order valence-electron chi connectivity index (χ2n) is 4.15. The number of hydrogen-bond acceptors (Lipinski definition) is 3. The molecule has 2 N–H and O–H groups in total. The molecule has 1 aliphatic rings. The standard InChI is InChI=1S/C12H17N3O/c1-9-11(5-3-7-14-9)12(16)15-10-4-2-6-13-8-10/h3,5,7,10,13H,2,4,6,8H2,1H3,(H,15,16)/t10-/m1/s1. The highest BCUT2D eigenvalue weighted by Crippen LogP contribution is 2.06. The van der Waals surface area contributed by atoms with Gasteiger partial charge in [0, 0.05) is 24.5 Å². The Morgan fingerprint density at radius 3 is 3.19 bits per heavy atom. The summed E-state index contributed by atoms with van der Waals surface area (Å²) in [5, 5.41) is 6.31. The van der Waals surface area contributed by atoms with E-state index in [2.05, 4.69) is 15.6 Å². The smallest absolute Gasteiger partial charge is 0.253 e. The largest absolute Gasteiger partial charge is 0.348 e. The van der Waals surface area contributed by atoms with Gasteiger partial charge in [0.25, 0.3) is 5.91 Å². The first-order chi connectivity index (χ1) is 7.77. The van der Waals surface area contributed by atoms with Crippen LogP contribution in [0.4, 0.5) is 0 Å². The zero-order chi connectivity index (χ0) is 11.4. The number of aryl methyl sites for hydroxylation is 1. The number of amides is 1. The Hall–Kier alpha value is -1.42. The van der Waals surface area contributed by atoms with Gasteiger partial charge < -0.3 is 10.6 Å². The van der Waals surface area contributed by atoms with Gasteiger partial charge in [-0.3, -0.25) is 9.78 Å². The van der Waals surface area contributed by atoms with Crippen molar-refractivity contribution in [3.63, 3.8) is 0 Å². The summed E-state index contributed by atoms with van der Waals surface area (Å²) in [5.74, 6) is -0.0145. The van der Waals surface area contributed by atoms with Crippen molar-refractivity contribution in [2.24, 2.45) is 0 Å². The Morgan fingerprint density at radius 2 is 2.50 bits per heavy atom. The fourth-order valence-corrected chi connectivity index (χ4v) is 1.96. The lowest BCUT2D eigenvalue weighted by molar-refractivity contribution is 0.0929. The molecule has 1 fully saturated rings. The molecule has 1 aromatic rings. The van der Waals surface area contributed by atoms with Gasteiger partial charge in [0.05, 0.1) is 5.56 Å². The van der Waals surface area contributed by atoms with E-state index >= 15 is 0 Å². The highest BCUT2D eigenvalue weighted by Gasteiger charge is 2.17. The second-order valence-corrected chi connectivity index (χ2v) is 4.15. The number of hydrogen-bond donors (Lipinski definition) is 2. The Balaban J connectivity index is 2.00. The first kappa shape index (κ1) is 11.1. The molecular formula is C12H17N3O. The third-order valence-electron chi connectivity index (χ3n) is 2.88. The summed E-state index contributed by atoms with van der Waals surface area (Å²) in [7, 11) is 0. The number of pyridine rings is 1. The molecular weight excluding hydrogens is 202 g/mol. The summed E-state index contributed by atoms with van der Waals surface area (Å²) in [6.45, 7) is 3.78. The van der Waals surface area contributed by atoms with Crippen LogP contribution in [0.5, 0.6) is 0 Å². The highest BCUT2D eigenvalue weighted by atomic mass is 16.1. The van der Waals surface area contributed by atoms with Crippen LogP contribution in [0.2, 0.25) is 0 Å². The van der Waals surface area contributed by atoms with Crippen LogP contribution in [0, 0.1) is 6.92 Å². The Bertz CT molecular complexity index is 372. The number of aromatic nitrogens is 1. The Morgan fingerprint density at radius 1 is 1.62 bits per heavy atom. The summed E-state index contributed by atoms with van der Waals surface area (Å²) in [4.78, 5) is 16.1. The van der Waals surface area contributed by atoms with Gasteiger partial charge in [-0.1, -0.05) is 0 Å². The van der Waals surface area contributed by atoms with Crippen LogP contribution in [-0.4, -0.2) is 30.0 Å². The van der Waals surface area contributed by atoms with Crippen molar-refractivity contribution in [1.29, 1.82) is 0 Å². The van der Waals surface area contributed by atoms with Crippen LogP contribution in [-0.2, 0) is 0 Å². The lowest BCUT2D eigenvalue weighted by atomic mass is 10.1. The van der Waals surface area contributed by atoms with Crippen LogP contribution in [0.3, 0.4) is 0 Å². The molecule has 1 atom stereocenters. The monoisotopic (exact) mass is 219 g/mol. The van der Waals surface area contributed by atoms with Gasteiger partial charge in [-0.2, -0.15) is 0 Å². The van der Waals surface area contributed by atoms with E-state index in [0.717, 1.165) is 31.6 Å². The summed E-state index contributed by atoms with van der Waals surface area (Å²) in [6.07, 6.45) is 3.88. The maximum atomic E-state index is 12.0. The molecule has 1 amide bonds. The number of rotatable bonds is 2. The normalized spacial score (nSPS) is 20.4. The summed E-state index contributed by atoms with van der Waals surface area (Å²) in [5.41, 5.74) is 1.46. The average Bonchev–Trinajstić information content (AvgIpc) is 2.31. The maximum Gasteiger partial charge on any atom is 0.253 e. The molecule has 0 saturated carbocycles. The third-order valence-corrected chi connectivity index (χ3v) is 2.88. The molecule has 0 aliphatic carbocycles. The zero-order valence-electron chi connectivity index (χ0n) is 9.49. The highest BCUT2D eigenvalue weighted by molar-refractivity contribution is 5.95. The van der Waals surface area contributed by atoms with E-state index in [9.17, 15) is 4.79 Å². The molecule has 86 valence electrons. The van der Waals surface area contributed by atoms with E-state index in [1.54, 1.807) is 12.3 Å². The van der Waals surface area contributed by atoms with Crippen molar-refractivity contribution in [1.82, 2.24) is 15.6 Å². The second kappa shape index (κ2) is 5.07. The number of nitrogens with zero attached hydrogens (tertiary/aromatic N) is 1. The average molecular weight is 219 g/mol.